The van der Waals surface area contributed by atoms with Crippen LogP contribution >= 0.6 is 0 Å². The van der Waals surface area contributed by atoms with Crippen molar-refractivity contribution in [1.29, 1.82) is 0 Å². The molecule has 0 radical (unpaired) electrons. The van der Waals surface area contributed by atoms with Gasteiger partial charge >= 0.3 is 23.8 Å². The number of carbonyl (C=O) groups excluding carboxylic acids is 2. The Hall–Kier alpha value is -1.64. The predicted molar refractivity (Wildman–Crippen MR) is 119 cm³/mol. The molecule has 4 aliphatic rings. The molecular formula is C25H34F6O8. The predicted octanol–water partition coefficient (Wildman–Crippen LogP) is 3.46. The summed E-state index contributed by atoms with van der Waals surface area (Å²) in [6.07, 6.45) is -3.18. The second kappa shape index (κ2) is 10.0. The van der Waals surface area contributed by atoms with Gasteiger partial charge in [-0.05, 0) is 45.4 Å². The molecule has 4 saturated carbocycles. The van der Waals surface area contributed by atoms with Gasteiger partial charge in [0.2, 0.25) is 11.6 Å². The van der Waals surface area contributed by atoms with Crippen molar-refractivity contribution in [2.24, 2.45) is 23.7 Å². The number of fused-ring (bicyclic) bond motifs is 4. The number of esters is 2. The van der Waals surface area contributed by atoms with E-state index in [9.17, 15) is 37.4 Å². The van der Waals surface area contributed by atoms with Gasteiger partial charge in [0, 0.05) is 37.5 Å². The van der Waals surface area contributed by atoms with Gasteiger partial charge in [0.05, 0.1) is 13.2 Å². The van der Waals surface area contributed by atoms with Gasteiger partial charge in [-0.3, -0.25) is 0 Å². The molecule has 39 heavy (non-hydrogen) atoms. The molecule has 0 aromatic carbocycles. The van der Waals surface area contributed by atoms with Gasteiger partial charge in [-0.2, -0.15) is 17.6 Å². The Bertz CT molecular complexity index is 954. The summed E-state index contributed by atoms with van der Waals surface area (Å²) in [7, 11) is 0. The summed E-state index contributed by atoms with van der Waals surface area (Å²) in [6.45, 7) is -0.703. The van der Waals surface area contributed by atoms with E-state index in [2.05, 4.69) is 0 Å². The summed E-state index contributed by atoms with van der Waals surface area (Å²) in [6, 6.07) is 0. The van der Waals surface area contributed by atoms with Gasteiger partial charge in [0.15, 0.2) is 24.0 Å². The van der Waals surface area contributed by atoms with Crippen LogP contribution < -0.4 is 0 Å². The minimum atomic E-state index is -3.84. The third-order valence-corrected chi connectivity index (χ3v) is 8.67. The highest BCUT2D eigenvalue weighted by Crippen LogP contribution is 2.54. The Balaban J connectivity index is 1.38. The first-order valence-electron chi connectivity index (χ1n) is 13.0. The van der Waals surface area contributed by atoms with Gasteiger partial charge in [-0.1, -0.05) is 0 Å². The summed E-state index contributed by atoms with van der Waals surface area (Å²) in [4.78, 5) is 23.5. The lowest BCUT2D eigenvalue weighted by molar-refractivity contribution is -0.306. The zero-order valence-electron chi connectivity index (χ0n) is 21.8. The Morgan fingerprint density at radius 1 is 0.795 bits per heavy atom. The number of aliphatic hydroxyl groups is 2. The Labute approximate surface area is 221 Å². The third kappa shape index (κ3) is 5.62. The second-order valence-corrected chi connectivity index (χ2v) is 11.8. The highest BCUT2D eigenvalue weighted by molar-refractivity contribution is 5.77. The van der Waals surface area contributed by atoms with Gasteiger partial charge in [-0.25, -0.2) is 18.4 Å². The topological polar surface area (TPSA) is 112 Å². The number of hydrogen-bond acceptors (Lipinski definition) is 8. The van der Waals surface area contributed by atoms with Crippen molar-refractivity contribution < 1.29 is 65.1 Å². The molecule has 10 unspecified atom stereocenters. The van der Waals surface area contributed by atoms with Gasteiger partial charge in [0.25, 0.3) is 0 Å². The fourth-order valence-corrected chi connectivity index (χ4v) is 6.40. The molecule has 8 nitrogen and oxygen atoms in total. The van der Waals surface area contributed by atoms with E-state index in [0.717, 1.165) is 6.92 Å². The summed E-state index contributed by atoms with van der Waals surface area (Å²) in [5.41, 5.74) is -2.85. The van der Waals surface area contributed by atoms with Crippen LogP contribution in [0.25, 0.3) is 0 Å². The molecule has 4 fully saturated rings. The number of halogens is 6. The molecule has 0 aliphatic heterocycles. The summed E-state index contributed by atoms with van der Waals surface area (Å²) < 4.78 is 104. The van der Waals surface area contributed by atoms with Crippen LogP contribution in [0.3, 0.4) is 0 Å². The normalized spacial score (nSPS) is 40.0. The second-order valence-electron chi connectivity index (χ2n) is 11.8. The molecule has 0 heterocycles. The first-order valence-corrected chi connectivity index (χ1v) is 13.0. The molecule has 10 atom stereocenters. The molecule has 0 spiro atoms. The number of carbonyl (C=O) groups is 2. The molecule has 14 heteroatoms. The SMILES string of the molecule is CC(F)(F)C(=O)OC1C2CCC(C2)C1(O)OCC(F)C(C)(F)COC1(O)C2CCC(C2)C1OC(=O)C(C)(F)F. The summed E-state index contributed by atoms with van der Waals surface area (Å²) >= 11 is 0. The molecule has 224 valence electrons. The highest BCUT2D eigenvalue weighted by atomic mass is 19.3. The van der Waals surface area contributed by atoms with E-state index in [0.29, 0.717) is 39.5 Å². The van der Waals surface area contributed by atoms with Gasteiger partial charge in [-0.15, -0.1) is 0 Å². The number of hydrogen-bond donors (Lipinski definition) is 2. The van der Waals surface area contributed by atoms with Crippen LogP contribution in [0.2, 0.25) is 0 Å². The minimum absolute atomic E-state index is 0.279. The van der Waals surface area contributed by atoms with Crippen LogP contribution in [0.1, 0.15) is 59.3 Å². The van der Waals surface area contributed by atoms with Crippen LogP contribution in [-0.4, -0.2) is 82.8 Å². The monoisotopic (exact) mass is 576 g/mol. The largest absolute Gasteiger partial charge is 0.452 e. The van der Waals surface area contributed by atoms with Crippen molar-refractivity contribution in [3.63, 3.8) is 0 Å². The molecule has 4 bridgehead atoms. The maximum absolute atomic E-state index is 15.4. The maximum Gasteiger partial charge on any atom is 0.377 e. The number of alkyl halides is 6. The van der Waals surface area contributed by atoms with E-state index in [4.69, 9.17) is 18.9 Å². The summed E-state index contributed by atoms with van der Waals surface area (Å²) in [5.74, 6) is -18.3. The van der Waals surface area contributed by atoms with Crippen molar-refractivity contribution in [1.82, 2.24) is 0 Å². The zero-order valence-corrected chi connectivity index (χ0v) is 21.8. The number of rotatable bonds is 11. The highest BCUT2D eigenvalue weighted by Gasteiger charge is 2.64. The average molecular weight is 577 g/mol. The van der Waals surface area contributed by atoms with Crippen molar-refractivity contribution in [3.05, 3.63) is 0 Å². The van der Waals surface area contributed by atoms with Gasteiger partial charge in [0.1, 0.15) is 0 Å². The Kier molecular flexibility index (Phi) is 7.79. The van der Waals surface area contributed by atoms with Crippen LogP contribution in [0.4, 0.5) is 26.3 Å². The van der Waals surface area contributed by atoms with E-state index in [1.54, 1.807) is 0 Å². The van der Waals surface area contributed by atoms with E-state index in [1.807, 2.05) is 0 Å². The summed E-state index contributed by atoms with van der Waals surface area (Å²) in [5, 5.41) is 22.1. The first kappa shape index (κ1) is 30.3. The lowest BCUT2D eigenvalue weighted by Gasteiger charge is -2.41. The molecule has 0 amide bonds. The van der Waals surface area contributed by atoms with E-state index in [-0.39, 0.29) is 12.8 Å². The van der Waals surface area contributed by atoms with E-state index in [1.165, 1.54) is 0 Å². The third-order valence-electron chi connectivity index (χ3n) is 8.67. The minimum Gasteiger partial charge on any atom is -0.452 e. The maximum atomic E-state index is 15.4. The van der Waals surface area contributed by atoms with Crippen molar-refractivity contribution >= 4 is 11.9 Å². The smallest absolute Gasteiger partial charge is 0.377 e. The van der Waals surface area contributed by atoms with Crippen LogP contribution in [-0.2, 0) is 28.5 Å². The Morgan fingerprint density at radius 2 is 1.21 bits per heavy atom. The van der Waals surface area contributed by atoms with Gasteiger partial charge < -0.3 is 29.2 Å². The molecule has 0 saturated heterocycles. The van der Waals surface area contributed by atoms with Crippen molar-refractivity contribution in [2.75, 3.05) is 13.2 Å². The molecule has 4 aliphatic carbocycles. The fourth-order valence-electron chi connectivity index (χ4n) is 6.40. The number of ether oxygens (including phenoxy) is 4. The van der Waals surface area contributed by atoms with E-state index >= 15 is 8.78 Å². The average Bonchev–Trinajstić information content (AvgIpc) is 3.59. The zero-order chi connectivity index (χ0) is 29.2. The van der Waals surface area contributed by atoms with Crippen LogP contribution in [0.5, 0.6) is 0 Å². The van der Waals surface area contributed by atoms with Crippen molar-refractivity contribution in [2.45, 2.75) is 107 Å². The lowest BCUT2D eigenvalue weighted by Crippen LogP contribution is -2.56. The fraction of sp³-hybridized carbons (Fsp3) is 0.920. The molecule has 2 N–H and O–H groups in total. The Morgan fingerprint density at radius 3 is 1.62 bits per heavy atom. The molecule has 0 aromatic rings. The quantitative estimate of drug-likeness (QED) is 0.219. The van der Waals surface area contributed by atoms with E-state index < -0.39 is 96.3 Å². The van der Waals surface area contributed by atoms with Crippen LogP contribution in [0.15, 0.2) is 0 Å². The standard InChI is InChI=1S/C25H34F6O8/c1-21(27,11-37-25(35)15-7-5-13(9-15)18(25)39-20(33)23(3,30)31)16(26)10-36-24(34)14-6-4-12(8-14)17(24)38-19(32)22(2,28)29/h12-18,34-35H,4-11H2,1-3H3. The first-order chi connectivity index (χ1) is 17.8. The molecular weight excluding hydrogens is 542 g/mol. The molecule has 4 rings (SSSR count). The van der Waals surface area contributed by atoms with Crippen molar-refractivity contribution in [3.8, 4) is 0 Å². The lowest BCUT2D eigenvalue weighted by atomic mass is 9.90. The van der Waals surface area contributed by atoms with Crippen LogP contribution in [0, 0.1) is 23.7 Å². The molecule has 0 aromatic heterocycles.